The van der Waals surface area contributed by atoms with Crippen molar-refractivity contribution in [2.75, 3.05) is 26.4 Å². The molecule has 0 bridgehead atoms. The standard InChI is InChI=1S/C12H26O6Si.H2O/c1-4-16-19(17-5-2,18-6-3)9-7-8-11(14)12(15)10-13;/h12-13,15H,4-10H2,1-3H3;1H2. The topological polar surface area (TPSA) is 117 Å². The van der Waals surface area contributed by atoms with Gasteiger partial charge in [0, 0.05) is 32.3 Å². The van der Waals surface area contributed by atoms with Crippen LogP contribution in [0, 0.1) is 0 Å². The summed E-state index contributed by atoms with van der Waals surface area (Å²) in [6.45, 7) is 6.59. The molecule has 0 aliphatic heterocycles. The maximum Gasteiger partial charge on any atom is 0.500 e. The van der Waals surface area contributed by atoms with Crippen LogP contribution in [0.5, 0.6) is 0 Å². The van der Waals surface area contributed by atoms with Gasteiger partial charge in [0.25, 0.3) is 0 Å². The molecule has 0 radical (unpaired) electrons. The Balaban J connectivity index is 0. The normalized spacial score (nSPS) is 12.8. The van der Waals surface area contributed by atoms with Gasteiger partial charge in [-0.05, 0) is 27.2 Å². The molecular weight excluding hydrogens is 284 g/mol. The van der Waals surface area contributed by atoms with Gasteiger partial charge in [0.05, 0.1) is 6.61 Å². The summed E-state index contributed by atoms with van der Waals surface area (Å²) in [6.07, 6.45) is -0.589. The Labute approximate surface area is 121 Å². The van der Waals surface area contributed by atoms with E-state index in [9.17, 15) is 9.90 Å². The van der Waals surface area contributed by atoms with Crippen molar-refractivity contribution in [2.45, 2.75) is 45.8 Å². The number of Topliss-reactive ketones (excluding diaryl/α,β-unsaturated/α-hetero) is 1. The Bertz CT molecular complexity index is 233. The highest BCUT2D eigenvalue weighted by molar-refractivity contribution is 6.60. The van der Waals surface area contributed by atoms with Gasteiger partial charge in [-0.2, -0.15) is 0 Å². The van der Waals surface area contributed by atoms with Crippen LogP contribution in [0.2, 0.25) is 6.04 Å². The first-order chi connectivity index (χ1) is 9.05. The number of carbonyl (C=O) groups is 1. The van der Waals surface area contributed by atoms with E-state index in [1.54, 1.807) is 0 Å². The second-order valence-electron chi connectivity index (χ2n) is 4.00. The molecule has 0 aliphatic carbocycles. The van der Waals surface area contributed by atoms with Gasteiger partial charge >= 0.3 is 8.80 Å². The molecule has 0 rings (SSSR count). The number of rotatable bonds is 12. The van der Waals surface area contributed by atoms with E-state index in [0.717, 1.165) is 0 Å². The molecule has 20 heavy (non-hydrogen) atoms. The maximum atomic E-state index is 11.4. The van der Waals surface area contributed by atoms with Gasteiger partial charge in [-0.15, -0.1) is 0 Å². The van der Waals surface area contributed by atoms with E-state index in [-0.39, 0.29) is 17.7 Å². The fraction of sp³-hybridized carbons (Fsp3) is 0.917. The average molecular weight is 312 g/mol. The van der Waals surface area contributed by atoms with Crippen molar-refractivity contribution < 1.29 is 33.8 Å². The summed E-state index contributed by atoms with van der Waals surface area (Å²) in [7, 11) is -2.70. The Hall–Kier alpha value is -0.353. The highest BCUT2D eigenvalue weighted by Crippen LogP contribution is 2.19. The molecule has 0 fully saturated rings. The first-order valence-corrected chi connectivity index (χ1v) is 8.71. The number of ketones is 1. The van der Waals surface area contributed by atoms with Gasteiger partial charge in [0.2, 0.25) is 0 Å². The van der Waals surface area contributed by atoms with Crippen LogP contribution in [-0.2, 0) is 18.1 Å². The van der Waals surface area contributed by atoms with Crippen molar-refractivity contribution in [2.24, 2.45) is 0 Å². The minimum Gasteiger partial charge on any atom is -0.412 e. The first kappa shape index (κ1) is 21.9. The van der Waals surface area contributed by atoms with Crippen molar-refractivity contribution in [1.82, 2.24) is 0 Å². The molecular formula is C12H28O7Si. The molecule has 0 saturated carbocycles. The highest BCUT2D eigenvalue weighted by atomic mass is 28.4. The number of hydrogen-bond donors (Lipinski definition) is 2. The minimum absolute atomic E-state index is 0. The van der Waals surface area contributed by atoms with Gasteiger partial charge in [0.1, 0.15) is 6.10 Å². The Morgan fingerprint density at radius 2 is 1.55 bits per heavy atom. The minimum atomic E-state index is -2.70. The lowest BCUT2D eigenvalue weighted by molar-refractivity contribution is -0.128. The van der Waals surface area contributed by atoms with Crippen LogP contribution in [-0.4, -0.2) is 62.8 Å². The van der Waals surface area contributed by atoms with Crippen molar-refractivity contribution in [3.63, 3.8) is 0 Å². The predicted octanol–water partition coefficient (Wildman–Crippen LogP) is -0.0874. The molecule has 1 atom stereocenters. The van der Waals surface area contributed by atoms with Gasteiger partial charge in [-0.1, -0.05) is 0 Å². The lowest BCUT2D eigenvalue weighted by Crippen LogP contribution is -2.46. The van der Waals surface area contributed by atoms with E-state index in [0.29, 0.717) is 32.3 Å². The van der Waals surface area contributed by atoms with E-state index >= 15 is 0 Å². The van der Waals surface area contributed by atoms with E-state index in [1.165, 1.54) is 0 Å². The lowest BCUT2D eigenvalue weighted by Gasteiger charge is -2.28. The van der Waals surface area contributed by atoms with E-state index in [4.69, 9.17) is 18.4 Å². The molecule has 0 aliphatic rings. The number of aliphatic hydroxyl groups is 2. The molecule has 0 aromatic carbocycles. The van der Waals surface area contributed by atoms with Gasteiger partial charge in [-0.25, -0.2) is 0 Å². The molecule has 0 aromatic heterocycles. The maximum absolute atomic E-state index is 11.4. The van der Waals surface area contributed by atoms with Crippen molar-refractivity contribution in [1.29, 1.82) is 0 Å². The van der Waals surface area contributed by atoms with Crippen LogP contribution in [0.4, 0.5) is 0 Å². The third-order valence-electron chi connectivity index (χ3n) is 2.54. The fourth-order valence-electron chi connectivity index (χ4n) is 1.75. The van der Waals surface area contributed by atoms with Gasteiger partial charge in [0.15, 0.2) is 5.78 Å². The molecule has 4 N–H and O–H groups in total. The molecule has 1 unspecified atom stereocenters. The number of hydrogen-bond acceptors (Lipinski definition) is 6. The van der Waals surface area contributed by atoms with Crippen molar-refractivity contribution in [3.8, 4) is 0 Å². The van der Waals surface area contributed by atoms with Crippen LogP contribution in [0.15, 0.2) is 0 Å². The van der Waals surface area contributed by atoms with Crippen LogP contribution in [0.1, 0.15) is 33.6 Å². The molecule has 8 heteroatoms. The van der Waals surface area contributed by atoms with Gasteiger partial charge in [-0.3, -0.25) is 4.79 Å². The summed E-state index contributed by atoms with van der Waals surface area (Å²) in [5.74, 6) is -0.366. The molecule has 0 saturated heterocycles. The summed E-state index contributed by atoms with van der Waals surface area (Å²) in [5.41, 5.74) is 0. The van der Waals surface area contributed by atoms with Crippen LogP contribution >= 0.6 is 0 Å². The second-order valence-corrected chi connectivity index (χ2v) is 6.73. The SMILES string of the molecule is CCO[Si](CCCC(=O)C(O)CO)(OCC)OCC.O. The summed E-state index contributed by atoms with van der Waals surface area (Å²) < 4.78 is 17.0. The zero-order chi connectivity index (χ0) is 14.7. The summed E-state index contributed by atoms with van der Waals surface area (Å²) in [6, 6.07) is 0.534. The Morgan fingerprint density at radius 1 is 1.10 bits per heavy atom. The number of aliphatic hydroxyl groups excluding tert-OH is 2. The summed E-state index contributed by atoms with van der Waals surface area (Å²) in [4.78, 5) is 11.4. The van der Waals surface area contributed by atoms with Crippen LogP contribution < -0.4 is 0 Å². The molecule has 0 aromatic rings. The van der Waals surface area contributed by atoms with Crippen molar-refractivity contribution >= 4 is 14.6 Å². The highest BCUT2D eigenvalue weighted by Gasteiger charge is 2.39. The summed E-state index contributed by atoms with van der Waals surface area (Å²) >= 11 is 0. The quantitative estimate of drug-likeness (QED) is 0.487. The molecule has 0 amide bonds. The van der Waals surface area contributed by atoms with Gasteiger partial charge < -0.3 is 29.0 Å². The first-order valence-electron chi connectivity index (χ1n) is 6.78. The molecule has 0 heterocycles. The number of carbonyl (C=O) groups excluding carboxylic acids is 1. The third kappa shape index (κ3) is 8.05. The Morgan fingerprint density at radius 3 is 1.90 bits per heavy atom. The largest absolute Gasteiger partial charge is 0.500 e. The lowest BCUT2D eigenvalue weighted by atomic mass is 10.1. The van der Waals surface area contributed by atoms with Crippen LogP contribution in [0.25, 0.3) is 0 Å². The van der Waals surface area contributed by atoms with E-state index in [2.05, 4.69) is 0 Å². The van der Waals surface area contributed by atoms with E-state index < -0.39 is 21.5 Å². The predicted molar refractivity (Wildman–Crippen MR) is 76.4 cm³/mol. The molecule has 7 nitrogen and oxygen atoms in total. The zero-order valence-electron chi connectivity index (χ0n) is 12.6. The molecule has 0 spiro atoms. The second kappa shape index (κ2) is 12.4. The average Bonchev–Trinajstić information content (AvgIpc) is 2.38. The third-order valence-corrected chi connectivity index (χ3v) is 5.69. The zero-order valence-corrected chi connectivity index (χ0v) is 13.6. The van der Waals surface area contributed by atoms with E-state index in [1.807, 2.05) is 20.8 Å². The molecule has 122 valence electrons. The smallest absolute Gasteiger partial charge is 0.412 e. The Kier molecular flexibility index (Phi) is 13.6. The van der Waals surface area contributed by atoms with Crippen LogP contribution in [0.3, 0.4) is 0 Å². The fourth-order valence-corrected chi connectivity index (χ4v) is 4.36. The summed E-state index contributed by atoms with van der Waals surface area (Å²) in [5, 5.41) is 17.9. The monoisotopic (exact) mass is 312 g/mol. The van der Waals surface area contributed by atoms with Crippen molar-refractivity contribution in [3.05, 3.63) is 0 Å².